The maximum atomic E-state index is 13.8. The van der Waals surface area contributed by atoms with Gasteiger partial charge in [0.05, 0.1) is 23.8 Å². The number of rotatable bonds is 4. The third kappa shape index (κ3) is 6.85. The summed E-state index contributed by atoms with van der Waals surface area (Å²) in [5, 5.41) is 2.06. The van der Waals surface area contributed by atoms with E-state index in [-0.39, 0.29) is 16.6 Å². The van der Waals surface area contributed by atoms with Gasteiger partial charge in [-0.1, -0.05) is 0 Å². The lowest BCUT2D eigenvalue weighted by atomic mass is 10.1. The molecule has 0 radical (unpaired) electrons. The van der Waals surface area contributed by atoms with Crippen LogP contribution in [0.3, 0.4) is 0 Å². The van der Waals surface area contributed by atoms with Crippen molar-refractivity contribution in [3.05, 3.63) is 41.3 Å². The van der Waals surface area contributed by atoms with Crippen LogP contribution < -0.4 is 20.9 Å². The van der Waals surface area contributed by atoms with E-state index in [0.29, 0.717) is 11.7 Å². The number of pyridine rings is 2. The van der Waals surface area contributed by atoms with Gasteiger partial charge >= 0.3 is 12.3 Å². The first kappa shape index (κ1) is 28.1. The van der Waals surface area contributed by atoms with Gasteiger partial charge in [-0.2, -0.15) is 13.2 Å². The van der Waals surface area contributed by atoms with E-state index in [1.807, 2.05) is 0 Å². The van der Waals surface area contributed by atoms with Crippen molar-refractivity contribution in [3.63, 3.8) is 0 Å². The Bertz CT molecular complexity index is 1230. The predicted molar refractivity (Wildman–Crippen MR) is 141 cm³/mol. The van der Waals surface area contributed by atoms with E-state index in [1.54, 1.807) is 33.0 Å². The number of carbonyl (C=O) groups is 1. The zero-order chi connectivity index (χ0) is 27.7. The minimum Gasteiger partial charge on any atom is -0.443 e. The Morgan fingerprint density at radius 3 is 2.51 bits per heavy atom. The van der Waals surface area contributed by atoms with E-state index in [9.17, 15) is 18.0 Å². The van der Waals surface area contributed by atoms with Gasteiger partial charge in [0.25, 0.3) is 0 Å². The van der Waals surface area contributed by atoms with Crippen LogP contribution in [0.2, 0.25) is 0 Å². The minimum atomic E-state index is -4.80. The highest BCUT2D eigenvalue weighted by atomic mass is 32.1. The lowest BCUT2D eigenvalue weighted by Gasteiger charge is -2.25. The van der Waals surface area contributed by atoms with Crippen LogP contribution in [0, 0.1) is 0 Å². The largest absolute Gasteiger partial charge is 0.443 e. The van der Waals surface area contributed by atoms with Crippen molar-refractivity contribution in [3.8, 4) is 0 Å². The maximum Gasteiger partial charge on any atom is 0.420 e. The summed E-state index contributed by atoms with van der Waals surface area (Å²) in [6.07, 6.45) is -2.00. The number of amides is 1. The number of amidine groups is 1. The van der Waals surface area contributed by atoms with E-state index < -0.39 is 29.3 Å². The molecule has 0 unspecified atom stereocenters. The fourth-order valence-electron chi connectivity index (χ4n) is 3.67. The van der Waals surface area contributed by atoms with Crippen LogP contribution in [0.15, 0.2) is 29.5 Å². The number of ether oxygens (including phenoxy) is 1. The smallest absolute Gasteiger partial charge is 0.420 e. The van der Waals surface area contributed by atoms with E-state index in [0.717, 1.165) is 41.4 Å². The van der Waals surface area contributed by atoms with Crippen LogP contribution in [0.1, 0.15) is 51.4 Å². The first-order valence-corrected chi connectivity index (χ1v) is 11.9. The second-order valence-electron chi connectivity index (χ2n) is 9.79. The van der Waals surface area contributed by atoms with Gasteiger partial charge < -0.3 is 20.7 Å². The summed E-state index contributed by atoms with van der Waals surface area (Å²) in [5.41, 5.74) is 6.43. The molecule has 0 aliphatic carbocycles. The zero-order valence-electron chi connectivity index (χ0n) is 21.5. The molecule has 3 N–H and O–H groups in total. The number of nitrogens with one attached hydrogen (secondary N) is 1. The molecule has 0 saturated carbocycles. The Balaban J connectivity index is 1.82. The summed E-state index contributed by atoms with van der Waals surface area (Å²) >= 11 is 5.13. The van der Waals surface area contributed by atoms with Crippen molar-refractivity contribution in [2.24, 2.45) is 10.7 Å². The Kier molecular flexibility index (Phi) is 7.96. The molecule has 37 heavy (non-hydrogen) atoms. The highest BCUT2D eigenvalue weighted by Crippen LogP contribution is 2.36. The van der Waals surface area contributed by atoms with E-state index >= 15 is 0 Å². The van der Waals surface area contributed by atoms with Gasteiger partial charge in [0.15, 0.2) is 10.9 Å². The second-order valence-corrected chi connectivity index (χ2v) is 10.2. The number of aromatic nitrogens is 2. The number of hydrogen-bond donors (Lipinski definition) is 2. The van der Waals surface area contributed by atoms with Gasteiger partial charge in [-0.3, -0.25) is 9.88 Å². The SMILES string of the molecule is CC(C)N1CCc2cc(C(N)=NC(=S)Nc3ncc(N(C)C(=O)OC(C)(C)C)cc3C(F)(F)F)ncc21. The fraction of sp³-hybridized carbons (Fsp3) is 0.458. The van der Waals surface area contributed by atoms with Gasteiger partial charge in [-0.15, -0.1) is 0 Å². The summed E-state index contributed by atoms with van der Waals surface area (Å²) in [4.78, 5) is 27.6. The molecule has 3 heterocycles. The molecule has 0 bridgehead atoms. The highest BCUT2D eigenvalue weighted by molar-refractivity contribution is 7.80. The monoisotopic (exact) mass is 537 g/mol. The molecular weight excluding hydrogens is 507 g/mol. The van der Waals surface area contributed by atoms with Crippen LogP contribution >= 0.6 is 12.2 Å². The number of thiocarbonyl (C=S) groups is 1. The molecule has 1 aliphatic rings. The number of hydrogen-bond acceptors (Lipinski definition) is 6. The topological polar surface area (TPSA) is 109 Å². The molecule has 2 aromatic rings. The van der Waals surface area contributed by atoms with Crippen molar-refractivity contribution in [1.29, 1.82) is 0 Å². The van der Waals surface area contributed by atoms with Crippen LogP contribution in [0.4, 0.5) is 35.2 Å². The summed E-state index contributed by atoms with van der Waals surface area (Å²) in [5.74, 6) is -0.622. The number of anilines is 3. The minimum absolute atomic E-state index is 0.0434. The number of aliphatic imine (C=N–C) groups is 1. The molecule has 0 aromatic carbocycles. The number of halogens is 3. The number of fused-ring (bicyclic) bond motifs is 1. The average molecular weight is 538 g/mol. The number of nitrogens with zero attached hydrogens (tertiary/aromatic N) is 5. The summed E-state index contributed by atoms with van der Waals surface area (Å²) in [6.45, 7) is 9.99. The number of nitrogens with two attached hydrogens (primary N) is 1. The molecule has 2 aromatic heterocycles. The third-order valence-corrected chi connectivity index (χ3v) is 5.66. The van der Waals surface area contributed by atoms with Crippen molar-refractivity contribution in [1.82, 2.24) is 9.97 Å². The van der Waals surface area contributed by atoms with E-state index in [1.165, 1.54) is 7.05 Å². The highest BCUT2D eigenvalue weighted by Gasteiger charge is 2.36. The number of alkyl halides is 3. The first-order valence-electron chi connectivity index (χ1n) is 11.5. The fourth-order valence-corrected chi connectivity index (χ4v) is 3.87. The van der Waals surface area contributed by atoms with E-state index in [4.69, 9.17) is 22.7 Å². The van der Waals surface area contributed by atoms with Gasteiger partial charge in [0.1, 0.15) is 22.7 Å². The Hall–Kier alpha value is -3.48. The van der Waals surface area contributed by atoms with Crippen molar-refractivity contribution in [2.45, 2.75) is 58.9 Å². The lowest BCUT2D eigenvalue weighted by Crippen LogP contribution is -2.34. The van der Waals surface area contributed by atoms with Crippen LogP contribution in [0.5, 0.6) is 0 Å². The maximum absolute atomic E-state index is 13.8. The summed E-state index contributed by atoms with van der Waals surface area (Å²) < 4.78 is 46.7. The van der Waals surface area contributed by atoms with Crippen molar-refractivity contribution in [2.75, 3.05) is 28.7 Å². The van der Waals surface area contributed by atoms with Crippen LogP contribution in [-0.2, 0) is 17.3 Å². The van der Waals surface area contributed by atoms with Crippen LogP contribution in [-0.4, -0.2) is 52.2 Å². The molecule has 1 aliphatic heterocycles. The standard InChI is InChI=1S/C24H30F3N7O2S/c1-13(2)34-8-7-14-9-17(29-12-18(14)34)19(28)31-21(37)32-20-16(24(25,26)27)10-15(11-30-20)33(6)22(35)36-23(3,4)5/h9-13H,7-8H2,1-6H3,(H3,28,30,31,32,37). The molecule has 200 valence electrons. The number of carbonyl (C=O) groups excluding carboxylic acids is 1. The van der Waals surface area contributed by atoms with Crippen LogP contribution in [0.25, 0.3) is 0 Å². The molecule has 13 heteroatoms. The zero-order valence-corrected chi connectivity index (χ0v) is 22.3. The molecule has 0 spiro atoms. The third-order valence-electron chi connectivity index (χ3n) is 5.46. The quantitative estimate of drug-likeness (QED) is 0.327. The molecule has 3 rings (SSSR count). The molecule has 0 atom stereocenters. The van der Waals surface area contributed by atoms with Gasteiger partial charge in [-0.25, -0.2) is 14.8 Å². The summed E-state index contributed by atoms with van der Waals surface area (Å²) in [7, 11) is 1.29. The molecule has 0 fully saturated rings. The Morgan fingerprint density at radius 1 is 1.24 bits per heavy atom. The Morgan fingerprint density at radius 2 is 1.92 bits per heavy atom. The van der Waals surface area contributed by atoms with Crippen molar-refractivity contribution < 1.29 is 22.7 Å². The molecule has 0 saturated heterocycles. The van der Waals surface area contributed by atoms with Gasteiger partial charge in [0, 0.05) is 19.6 Å². The molecule has 1 amide bonds. The Labute approximate surface area is 218 Å². The van der Waals surface area contributed by atoms with Crippen molar-refractivity contribution >= 4 is 46.5 Å². The molecular formula is C24H30F3N7O2S. The molecule has 9 nitrogen and oxygen atoms in total. The normalized spacial score (nSPS) is 14.0. The first-order chi connectivity index (χ1) is 17.1. The predicted octanol–water partition coefficient (Wildman–Crippen LogP) is 4.74. The van der Waals surface area contributed by atoms with E-state index in [2.05, 4.69) is 39.0 Å². The summed E-state index contributed by atoms with van der Waals surface area (Å²) in [6, 6.07) is 2.90. The van der Waals surface area contributed by atoms with Gasteiger partial charge in [0.2, 0.25) is 0 Å². The average Bonchev–Trinajstić information content (AvgIpc) is 3.20. The van der Waals surface area contributed by atoms with Gasteiger partial charge in [-0.05, 0) is 71.0 Å². The lowest BCUT2D eigenvalue weighted by molar-refractivity contribution is -0.137. The second kappa shape index (κ2) is 10.5.